The third-order valence-electron chi connectivity index (χ3n) is 3.91. The molecule has 0 bridgehead atoms. The molecule has 1 aliphatic heterocycles. The Morgan fingerprint density at radius 1 is 1.38 bits per heavy atom. The third kappa shape index (κ3) is 3.26. The molecule has 0 radical (unpaired) electrons. The zero-order chi connectivity index (χ0) is 14.8. The lowest BCUT2D eigenvalue weighted by molar-refractivity contribution is -0.902. The number of hydrogen-bond acceptors (Lipinski definition) is 6. The first-order valence-electron chi connectivity index (χ1n) is 7.31. The summed E-state index contributed by atoms with van der Waals surface area (Å²) < 4.78 is 5.62. The number of Topliss-reactive ketones (excluding diaryl/α,β-unsaturated/α-hetero) is 1. The fourth-order valence-electron chi connectivity index (χ4n) is 2.77. The van der Waals surface area contributed by atoms with Crippen LogP contribution in [0.3, 0.4) is 0 Å². The second-order valence-electron chi connectivity index (χ2n) is 5.46. The van der Waals surface area contributed by atoms with Crippen LogP contribution in [0.15, 0.2) is 4.21 Å². The van der Waals surface area contributed by atoms with Crippen LogP contribution in [0, 0.1) is 0 Å². The lowest BCUT2D eigenvalue weighted by Crippen LogP contribution is -3.13. The van der Waals surface area contributed by atoms with E-state index in [1.807, 2.05) is 11.8 Å². The Balaban J connectivity index is 1.67. The quantitative estimate of drug-likeness (QED) is 0.647. The summed E-state index contributed by atoms with van der Waals surface area (Å²) >= 11 is 4.77. The molecular formula is C14H20N3OS3+. The molecule has 4 nitrogen and oxygen atoms in total. The number of quaternary nitrogens is 1. The number of nitrogens with two attached hydrogens (primary N) is 1. The van der Waals surface area contributed by atoms with Crippen LogP contribution in [-0.4, -0.2) is 35.5 Å². The number of piperidine rings is 1. The molecule has 0 atom stereocenters. The minimum Gasteiger partial charge on any atom is -0.397 e. The lowest BCUT2D eigenvalue weighted by atomic mass is 10.1. The van der Waals surface area contributed by atoms with E-state index < -0.39 is 0 Å². The molecular weight excluding hydrogens is 322 g/mol. The van der Waals surface area contributed by atoms with Gasteiger partial charge in [0.2, 0.25) is 0 Å². The van der Waals surface area contributed by atoms with E-state index in [-0.39, 0.29) is 5.78 Å². The van der Waals surface area contributed by atoms with Crippen LogP contribution in [-0.2, 0) is 0 Å². The van der Waals surface area contributed by atoms with Gasteiger partial charge in [-0.3, -0.25) is 4.79 Å². The summed E-state index contributed by atoms with van der Waals surface area (Å²) in [5.41, 5.74) is 6.77. The van der Waals surface area contributed by atoms with E-state index in [4.69, 9.17) is 5.73 Å². The molecule has 2 aromatic heterocycles. The summed E-state index contributed by atoms with van der Waals surface area (Å²) in [4.78, 5) is 14.9. The summed E-state index contributed by atoms with van der Waals surface area (Å²) in [6, 6.07) is 0. The van der Waals surface area contributed by atoms with E-state index in [0.29, 0.717) is 10.6 Å². The highest BCUT2D eigenvalue weighted by Gasteiger charge is 2.20. The number of thioether (sulfide) groups is 1. The van der Waals surface area contributed by atoms with Crippen LogP contribution in [0.4, 0.5) is 5.69 Å². The number of anilines is 1. The van der Waals surface area contributed by atoms with Crippen molar-refractivity contribution in [2.45, 2.75) is 30.4 Å². The van der Waals surface area contributed by atoms with Crippen molar-refractivity contribution >= 4 is 56.3 Å². The highest BCUT2D eigenvalue weighted by atomic mass is 32.2. The van der Waals surface area contributed by atoms with Gasteiger partial charge in [-0.15, -0.1) is 23.1 Å². The molecule has 0 unspecified atom stereocenters. The molecule has 114 valence electrons. The van der Waals surface area contributed by atoms with Gasteiger partial charge in [-0.1, -0.05) is 0 Å². The fourth-order valence-corrected chi connectivity index (χ4v) is 6.08. The molecule has 21 heavy (non-hydrogen) atoms. The lowest BCUT2D eigenvalue weighted by Gasteiger charge is -2.23. The minimum atomic E-state index is 0.0363. The van der Waals surface area contributed by atoms with Crippen molar-refractivity contribution in [2.24, 2.45) is 0 Å². The minimum absolute atomic E-state index is 0.0363. The van der Waals surface area contributed by atoms with E-state index >= 15 is 0 Å². The van der Waals surface area contributed by atoms with Crippen LogP contribution < -0.4 is 10.6 Å². The average Bonchev–Trinajstić information content (AvgIpc) is 3.02. The van der Waals surface area contributed by atoms with Crippen LogP contribution in [0.25, 0.3) is 10.2 Å². The van der Waals surface area contributed by atoms with Crippen molar-refractivity contribution < 1.29 is 9.69 Å². The molecule has 0 aliphatic carbocycles. The number of thiophene rings is 1. The Kier molecular flexibility index (Phi) is 4.83. The zero-order valence-electron chi connectivity index (χ0n) is 12.1. The average molecular weight is 343 g/mol. The van der Waals surface area contributed by atoms with E-state index in [1.165, 1.54) is 66.0 Å². The Hall–Kier alpha value is -0.630. The summed E-state index contributed by atoms with van der Waals surface area (Å²) in [5.74, 6) is 1.13. The summed E-state index contributed by atoms with van der Waals surface area (Å²) in [7, 11) is 0. The molecule has 3 heterocycles. The number of hydrogen-bond donors (Lipinski definition) is 2. The van der Waals surface area contributed by atoms with E-state index in [2.05, 4.69) is 4.37 Å². The maximum atomic E-state index is 11.6. The summed E-state index contributed by atoms with van der Waals surface area (Å²) in [6.07, 6.45) is 4.12. The molecule has 1 saturated heterocycles. The molecule has 3 rings (SSSR count). The van der Waals surface area contributed by atoms with Crippen molar-refractivity contribution in [2.75, 3.05) is 31.1 Å². The monoisotopic (exact) mass is 342 g/mol. The fraction of sp³-hybridized carbons (Fsp3) is 0.571. The first-order chi connectivity index (χ1) is 10.2. The third-order valence-corrected chi connectivity index (χ3v) is 7.32. The normalized spacial score (nSPS) is 16.6. The van der Waals surface area contributed by atoms with Crippen molar-refractivity contribution in [1.82, 2.24) is 4.37 Å². The second kappa shape index (κ2) is 6.64. The molecule has 0 spiro atoms. The SMILES string of the molecule is CC(=O)c1sc2nsc(SCC[NH+]3CCCCC3)c2c1N. The smallest absolute Gasteiger partial charge is 0.171 e. The molecule has 7 heteroatoms. The maximum Gasteiger partial charge on any atom is 0.171 e. The molecule has 0 amide bonds. The molecule has 0 saturated carbocycles. The van der Waals surface area contributed by atoms with Gasteiger partial charge in [0, 0.05) is 12.7 Å². The van der Waals surface area contributed by atoms with Crippen molar-refractivity contribution in [1.29, 1.82) is 0 Å². The number of nitrogens with zero attached hydrogens (tertiary/aromatic N) is 1. The van der Waals surface area contributed by atoms with Crippen molar-refractivity contribution in [3.8, 4) is 0 Å². The van der Waals surface area contributed by atoms with Crippen LogP contribution in [0.1, 0.15) is 35.9 Å². The number of rotatable bonds is 5. The molecule has 1 aliphatic rings. The zero-order valence-corrected chi connectivity index (χ0v) is 14.6. The van der Waals surface area contributed by atoms with Gasteiger partial charge in [0.25, 0.3) is 0 Å². The molecule has 3 N–H and O–H groups in total. The number of fused-ring (bicyclic) bond motifs is 1. The van der Waals surface area contributed by atoms with Crippen LogP contribution >= 0.6 is 34.6 Å². The molecule has 1 fully saturated rings. The number of carbonyl (C=O) groups excluding carboxylic acids is 1. The van der Waals surface area contributed by atoms with Gasteiger partial charge in [0.15, 0.2) is 5.78 Å². The highest BCUT2D eigenvalue weighted by molar-refractivity contribution is 8.01. The van der Waals surface area contributed by atoms with Gasteiger partial charge in [-0.25, -0.2) is 0 Å². The Morgan fingerprint density at radius 2 is 2.14 bits per heavy atom. The van der Waals surface area contributed by atoms with E-state index in [1.54, 1.807) is 11.8 Å². The van der Waals surface area contributed by atoms with E-state index in [9.17, 15) is 4.79 Å². The number of carbonyl (C=O) groups is 1. The molecule has 0 aromatic carbocycles. The largest absolute Gasteiger partial charge is 0.397 e. The van der Waals surface area contributed by atoms with Crippen LogP contribution in [0.5, 0.6) is 0 Å². The van der Waals surface area contributed by atoms with Crippen LogP contribution in [0.2, 0.25) is 0 Å². The Labute approximate surface area is 136 Å². The second-order valence-corrected chi connectivity index (χ2v) is 8.60. The van der Waals surface area contributed by atoms with E-state index in [0.717, 1.165) is 16.0 Å². The predicted molar refractivity (Wildman–Crippen MR) is 92.1 cm³/mol. The topological polar surface area (TPSA) is 60.4 Å². The number of nitrogen functional groups attached to an aromatic ring is 1. The maximum absolute atomic E-state index is 11.6. The summed E-state index contributed by atoms with van der Waals surface area (Å²) in [5, 5.41) is 1.01. The Morgan fingerprint density at radius 3 is 2.86 bits per heavy atom. The molecule has 2 aromatic rings. The van der Waals surface area contributed by atoms with Gasteiger partial charge in [-0.2, -0.15) is 4.37 Å². The first-order valence-corrected chi connectivity index (χ1v) is 9.89. The highest BCUT2D eigenvalue weighted by Crippen LogP contribution is 2.41. The summed E-state index contributed by atoms with van der Waals surface area (Å²) in [6.45, 7) is 5.40. The predicted octanol–water partition coefficient (Wildman–Crippen LogP) is 2.30. The van der Waals surface area contributed by atoms with Gasteiger partial charge < -0.3 is 10.6 Å². The number of ketones is 1. The number of likely N-dealkylation sites (tertiary alicyclic amines) is 1. The first kappa shape index (κ1) is 15.3. The standard InChI is InChI=1S/C14H19N3OS3/c1-9(18)12-11(15)10-13(20-12)16-21-14(10)19-8-7-17-5-3-2-4-6-17/h2-8,15H2,1H3/p+1. The van der Waals surface area contributed by atoms with Crippen molar-refractivity contribution in [3.63, 3.8) is 0 Å². The van der Waals surface area contributed by atoms with Gasteiger partial charge in [0.1, 0.15) is 4.83 Å². The number of nitrogens with one attached hydrogen (secondary N) is 1. The van der Waals surface area contributed by atoms with Gasteiger partial charge >= 0.3 is 0 Å². The Bertz CT molecular complexity index is 643. The number of aromatic nitrogens is 1. The van der Waals surface area contributed by atoms with Gasteiger partial charge in [0.05, 0.1) is 39.8 Å². The van der Waals surface area contributed by atoms with Gasteiger partial charge in [-0.05, 0) is 30.8 Å². The van der Waals surface area contributed by atoms with Crippen molar-refractivity contribution in [3.05, 3.63) is 4.88 Å².